The van der Waals surface area contributed by atoms with Crippen LogP contribution in [0.2, 0.25) is 10.0 Å². The van der Waals surface area contributed by atoms with Crippen molar-refractivity contribution in [3.8, 4) is 23.3 Å². The molecule has 3 aromatic carbocycles. The summed E-state index contributed by atoms with van der Waals surface area (Å²) in [5.41, 5.74) is 2.24. The van der Waals surface area contributed by atoms with Crippen molar-refractivity contribution in [3.63, 3.8) is 0 Å². The van der Waals surface area contributed by atoms with Crippen LogP contribution in [0.5, 0.6) is 11.5 Å². The molecule has 0 saturated heterocycles. The van der Waals surface area contributed by atoms with Gasteiger partial charge in [0.15, 0.2) is 0 Å². The quantitative estimate of drug-likeness (QED) is 0.0959. The maximum Gasteiger partial charge on any atom is 0.318 e. The Morgan fingerprint density at radius 1 is 0.976 bits per heavy atom. The van der Waals surface area contributed by atoms with E-state index >= 15 is 0 Å². The standard InChI is InChI=1S/C28H19Cl2N5O6/c1-16-11-18(12-19(15-31)28(36)32-20-3-9-24(29)25(30)13-20)17(2)33(16)21-4-7-23(8-5-21)41-27-10-6-22(34(37)38)14-26(27)35(39)40/h3-14H,1-2H3,(H,32,36)/b19-12-. The molecule has 0 aliphatic carbocycles. The van der Waals surface area contributed by atoms with Gasteiger partial charge in [-0.05, 0) is 80.1 Å². The van der Waals surface area contributed by atoms with Crippen LogP contribution in [0.25, 0.3) is 11.8 Å². The van der Waals surface area contributed by atoms with E-state index in [9.17, 15) is 30.3 Å². The molecule has 0 fully saturated rings. The third-order valence-electron chi connectivity index (χ3n) is 5.99. The third-order valence-corrected chi connectivity index (χ3v) is 6.72. The molecule has 1 amide bonds. The summed E-state index contributed by atoms with van der Waals surface area (Å²) in [5.74, 6) is -0.478. The molecule has 0 saturated carbocycles. The summed E-state index contributed by atoms with van der Waals surface area (Å²) in [6.45, 7) is 3.69. The number of hydrogen-bond donors (Lipinski definition) is 1. The maximum atomic E-state index is 12.7. The van der Waals surface area contributed by atoms with E-state index in [0.717, 1.165) is 29.2 Å². The molecule has 1 aromatic heterocycles. The van der Waals surface area contributed by atoms with E-state index in [2.05, 4.69) is 5.32 Å². The first-order valence-electron chi connectivity index (χ1n) is 11.8. The highest BCUT2D eigenvalue weighted by atomic mass is 35.5. The number of halogens is 2. The number of carbonyl (C=O) groups excluding carboxylic acids is 1. The molecule has 0 radical (unpaired) electrons. The van der Waals surface area contributed by atoms with Crippen LogP contribution in [-0.4, -0.2) is 20.3 Å². The van der Waals surface area contributed by atoms with Crippen LogP contribution in [0.15, 0.2) is 72.3 Å². The number of aryl methyl sites for hydroxylation is 1. The zero-order valence-electron chi connectivity index (χ0n) is 21.4. The molecular weight excluding hydrogens is 573 g/mol. The van der Waals surface area contributed by atoms with E-state index in [1.807, 2.05) is 30.6 Å². The van der Waals surface area contributed by atoms with Gasteiger partial charge in [-0.15, -0.1) is 0 Å². The summed E-state index contributed by atoms with van der Waals surface area (Å²) in [5, 5.41) is 35.2. The lowest BCUT2D eigenvalue weighted by Crippen LogP contribution is -2.13. The van der Waals surface area contributed by atoms with Gasteiger partial charge in [-0.25, -0.2) is 0 Å². The second kappa shape index (κ2) is 11.9. The predicted molar refractivity (Wildman–Crippen MR) is 154 cm³/mol. The fraction of sp³-hybridized carbons (Fsp3) is 0.0714. The van der Waals surface area contributed by atoms with Crippen LogP contribution in [-0.2, 0) is 4.79 Å². The normalized spacial score (nSPS) is 11.0. The van der Waals surface area contributed by atoms with E-state index < -0.39 is 27.1 Å². The number of aromatic nitrogens is 1. The smallest absolute Gasteiger partial charge is 0.318 e. The Morgan fingerprint density at radius 3 is 2.29 bits per heavy atom. The molecule has 0 bridgehead atoms. The van der Waals surface area contributed by atoms with Crippen LogP contribution < -0.4 is 10.1 Å². The van der Waals surface area contributed by atoms with Crippen LogP contribution in [0, 0.1) is 45.4 Å². The van der Waals surface area contributed by atoms with Gasteiger partial charge >= 0.3 is 5.69 Å². The molecule has 0 unspecified atom stereocenters. The van der Waals surface area contributed by atoms with Crippen molar-refractivity contribution < 1.29 is 19.4 Å². The number of hydrogen-bond acceptors (Lipinski definition) is 7. The van der Waals surface area contributed by atoms with Gasteiger partial charge in [0.1, 0.15) is 17.4 Å². The summed E-state index contributed by atoms with van der Waals surface area (Å²) in [6.07, 6.45) is 1.48. The zero-order valence-corrected chi connectivity index (χ0v) is 22.9. The first-order chi connectivity index (χ1) is 19.5. The van der Waals surface area contributed by atoms with E-state index in [4.69, 9.17) is 27.9 Å². The maximum absolute atomic E-state index is 12.7. The number of nitriles is 1. The van der Waals surface area contributed by atoms with Gasteiger partial charge in [0, 0.05) is 28.8 Å². The van der Waals surface area contributed by atoms with Crippen LogP contribution in [0.3, 0.4) is 0 Å². The van der Waals surface area contributed by atoms with Gasteiger partial charge in [-0.2, -0.15) is 5.26 Å². The number of anilines is 1. The number of rotatable bonds is 8. The predicted octanol–water partition coefficient (Wildman–Crippen LogP) is 7.56. The molecule has 0 spiro atoms. The molecule has 0 atom stereocenters. The van der Waals surface area contributed by atoms with Gasteiger partial charge in [0.25, 0.3) is 11.6 Å². The lowest BCUT2D eigenvalue weighted by molar-refractivity contribution is -0.394. The van der Waals surface area contributed by atoms with Crippen molar-refractivity contribution in [2.24, 2.45) is 0 Å². The fourth-order valence-electron chi connectivity index (χ4n) is 4.05. The molecule has 0 aliphatic heterocycles. The van der Waals surface area contributed by atoms with E-state index in [1.165, 1.54) is 24.3 Å². The summed E-state index contributed by atoms with van der Waals surface area (Å²) >= 11 is 11.9. The average molecular weight is 592 g/mol. The van der Waals surface area contributed by atoms with Crippen molar-refractivity contribution in [3.05, 3.63) is 120 Å². The number of nitro groups is 2. The highest BCUT2D eigenvalue weighted by Gasteiger charge is 2.21. The summed E-state index contributed by atoms with van der Waals surface area (Å²) < 4.78 is 7.54. The Bertz CT molecular complexity index is 1770. The van der Waals surface area contributed by atoms with Gasteiger partial charge in [-0.1, -0.05) is 23.2 Å². The van der Waals surface area contributed by atoms with Gasteiger partial charge in [-0.3, -0.25) is 25.0 Å². The first kappa shape index (κ1) is 28.8. The van der Waals surface area contributed by atoms with Crippen molar-refractivity contribution in [1.82, 2.24) is 4.57 Å². The number of nitrogens with one attached hydrogen (secondary N) is 1. The number of amides is 1. The summed E-state index contributed by atoms with van der Waals surface area (Å²) in [6, 6.07) is 18.1. The van der Waals surface area contributed by atoms with Crippen LogP contribution in [0.4, 0.5) is 17.1 Å². The molecule has 41 heavy (non-hydrogen) atoms. The summed E-state index contributed by atoms with van der Waals surface area (Å²) in [7, 11) is 0. The number of non-ortho nitro benzene ring substituents is 1. The first-order valence-corrected chi connectivity index (χ1v) is 12.5. The zero-order chi connectivity index (χ0) is 29.8. The van der Waals surface area contributed by atoms with Gasteiger partial charge < -0.3 is 14.6 Å². The molecule has 0 aliphatic rings. The minimum Gasteiger partial charge on any atom is -0.450 e. The molecule has 13 heteroatoms. The van der Waals surface area contributed by atoms with Crippen molar-refractivity contribution in [2.75, 3.05) is 5.32 Å². The molecule has 206 valence electrons. The number of nitro benzene ring substituents is 2. The van der Waals surface area contributed by atoms with E-state index in [-0.39, 0.29) is 22.1 Å². The third kappa shape index (κ3) is 6.36. The van der Waals surface area contributed by atoms with E-state index in [1.54, 1.807) is 30.3 Å². The minimum atomic E-state index is -0.751. The van der Waals surface area contributed by atoms with Crippen molar-refractivity contribution in [1.29, 1.82) is 5.26 Å². The molecule has 1 heterocycles. The Balaban J connectivity index is 1.57. The number of benzene rings is 3. The SMILES string of the molecule is Cc1cc(/C=C(/C#N)C(=O)Nc2ccc(Cl)c(Cl)c2)c(C)n1-c1ccc(Oc2ccc([N+](=O)[O-])cc2[N+](=O)[O-])cc1. The minimum absolute atomic E-state index is 0.121. The average Bonchev–Trinajstić information content (AvgIpc) is 3.21. The lowest BCUT2D eigenvalue weighted by atomic mass is 10.1. The monoisotopic (exact) mass is 591 g/mol. The Morgan fingerprint density at radius 2 is 1.68 bits per heavy atom. The van der Waals surface area contributed by atoms with Crippen LogP contribution in [0.1, 0.15) is 17.0 Å². The Hall–Kier alpha value is -5.18. The highest BCUT2D eigenvalue weighted by molar-refractivity contribution is 6.42. The van der Waals surface area contributed by atoms with Gasteiger partial charge in [0.2, 0.25) is 5.75 Å². The van der Waals surface area contributed by atoms with Crippen molar-refractivity contribution in [2.45, 2.75) is 13.8 Å². The number of ether oxygens (including phenoxy) is 1. The molecule has 4 rings (SSSR count). The molecule has 11 nitrogen and oxygen atoms in total. The second-order valence-corrected chi connectivity index (χ2v) is 9.49. The van der Waals surface area contributed by atoms with Crippen molar-refractivity contribution >= 4 is 52.2 Å². The number of carbonyl (C=O) groups is 1. The Kier molecular flexibility index (Phi) is 8.37. The largest absolute Gasteiger partial charge is 0.450 e. The topological polar surface area (TPSA) is 153 Å². The second-order valence-electron chi connectivity index (χ2n) is 8.68. The van der Waals surface area contributed by atoms with Gasteiger partial charge in [0.05, 0.1) is 26.0 Å². The fourth-order valence-corrected chi connectivity index (χ4v) is 4.34. The van der Waals surface area contributed by atoms with Crippen LogP contribution >= 0.6 is 23.2 Å². The highest BCUT2D eigenvalue weighted by Crippen LogP contribution is 2.35. The summed E-state index contributed by atoms with van der Waals surface area (Å²) in [4.78, 5) is 33.6. The Labute approximate surface area is 243 Å². The van der Waals surface area contributed by atoms with E-state index in [0.29, 0.717) is 16.3 Å². The lowest BCUT2D eigenvalue weighted by Gasteiger charge is -2.11. The molecular formula is C28H19Cl2N5O6. The number of nitrogens with zero attached hydrogens (tertiary/aromatic N) is 4. The molecule has 1 N–H and O–H groups in total. The molecule has 4 aromatic rings.